The molecular weight excluding hydrogens is 236 g/mol. The molecule has 0 aliphatic heterocycles. The Bertz CT molecular complexity index is 542. The molecule has 1 aliphatic carbocycles. The molecule has 4 heteroatoms. The largest absolute Gasteiger partial charge is 0.330 e. The lowest BCUT2D eigenvalue weighted by atomic mass is 10.1. The van der Waals surface area contributed by atoms with Crippen molar-refractivity contribution in [2.75, 3.05) is 6.54 Å². The van der Waals surface area contributed by atoms with Gasteiger partial charge in [-0.1, -0.05) is 12.8 Å². The van der Waals surface area contributed by atoms with Crippen LogP contribution in [0.3, 0.4) is 0 Å². The number of aryl methyl sites for hydroxylation is 1. The molecule has 0 aromatic carbocycles. The molecule has 2 heterocycles. The Morgan fingerprint density at radius 1 is 1.21 bits per heavy atom. The molecule has 2 aromatic heterocycles. The maximum absolute atomic E-state index is 5.52. The van der Waals surface area contributed by atoms with Gasteiger partial charge in [-0.25, -0.2) is 4.98 Å². The van der Waals surface area contributed by atoms with E-state index in [-0.39, 0.29) is 0 Å². The fourth-order valence-electron chi connectivity index (χ4n) is 2.70. The molecule has 19 heavy (non-hydrogen) atoms. The number of nitrogens with zero attached hydrogens (tertiary/aromatic N) is 3. The van der Waals surface area contributed by atoms with E-state index in [4.69, 9.17) is 10.7 Å². The molecule has 0 radical (unpaired) electrons. The molecule has 1 aliphatic rings. The lowest BCUT2D eigenvalue weighted by Gasteiger charge is -2.07. The van der Waals surface area contributed by atoms with Crippen molar-refractivity contribution in [2.24, 2.45) is 5.73 Å². The van der Waals surface area contributed by atoms with Crippen LogP contribution in [0.1, 0.15) is 50.4 Å². The summed E-state index contributed by atoms with van der Waals surface area (Å²) in [5, 5.41) is 0. The molecular formula is C15H22N4. The van der Waals surface area contributed by atoms with Crippen LogP contribution < -0.4 is 5.73 Å². The molecule has 3 rings (SSSR count). The fraction of sp³-hybridized carbons (Fsp3) is 0.600. The second-order valence-electron chi connectivity index (χ2n) is 5.45. The van der Waals surface area contributed by atoms with Crippen molar-refractivity contribution in [3.05, 3.63) is 24.3 Å². The number of hydrogen-bond acceptors (Lipinski definition) is 3. The van der Waals surface area contributed by atoms with Crippen LogP contribution in [0, 0.1) is 0 Å². The van der Waals surface area contributed by atoms with Gasteiger partial charge in [0, 0.05) is 18.7 Å². The van der Waals surface area contributed by atoms with Crippen LogP contribution in [0.25, 0.3) is 11.0 Å². The van der Waals surface area contributed by atoms with Gasteiger partial charge >= 0.3 is 0 Å². The van der Waals surface area contributed by atoms with Gasteiger partial charge in [0.15, 0.2) is 0 Å². The highest BCUT2D eigenvalue weighted by Gasteiger charge is 2.27. The molecule has 2 aromatic rings. The fourth-order valence-corrected chi connectivity index (χ4v) is 2.70. The summed E-state index contributed by atoms with van der Waals surface area (Å²) in [5.41, 5.74) is 7.83. The van der Waals surface area contributed by atoms with Crippen LogP contribution in [0.5, 0.6) is 0 Å². The zero-order valence-corrected chi connectivity index (χ0v) is 11.4. The van der Waals surface area contributed by atoms with Crippen LogP contribution in [0.2, 0.25) is 0 Å². The molecule has 0 unspecified atom stereocenters. The van der Waals surface area contributed by atoms with Crippen molar-refractivity contribution in [1.29, 1.82) is 0 Å². The zero-order chi connectivity index (χ0) is 13.1. The Labute approximate surface area is 114 Å². The van der Waals surface area contributed by atoms with Gasteiger partial charge in [-0.15, -0.1) is 0 Å². The SMILES string of the molecule is NCCCCCCc1nc2cnccc2n1C1CC1. The molecule has 0 atom stereocenters. The second kappa shape index (κ2) is 5.70. The van der Waals surface area contributed by atoms with E-state index in [2.05, 4.69) is 15.6 Å². The summed E-state index contributed by atoms with van der Waals surface area (Å²) in [4.78, 5) is 8.95. The van der Waals surface area contributed by atoms with Crippen molar-refractivity contribution in [3.63, 3.8) is 0 Å². The number of pyridine rings is 1. The predicted octanol–water partition coefficient (Wildman–Crippen LogP) is 2.83. The smallest absolute Gasteiger partial charge is 0.110 e. The van der Waals surface area contributed by atoms with Crippen LogP contribution in [0.4, 0.5) is 0 Å². The Morgan fingerprint density at radius 3 is 2.84 bits per heavy atom. The van der Waals surface area contributed by atoms with Gasteiger partial charge in [0.1, 0.15) is 11.3 Å². The van der Waals surface area contributed by atoms with Gasteiger partial charge in [-0.05, 0) is 38.3 Å². The lowest BCUT2D eigenvalue weighted by Crippen LogP contribution is -2.02. The highest BCUT2D eigenvalue weighted by molar-refractivity contribution is 5.75. The average molecular weight is 258 g/mol. The van der Waals surface area contributed by atoms with Gasteiger partial charge in [0.2, 0.25) is 0 Å². The van der Waals surface area contributed by atoms with Crippen LogP contribution in [0.15, 0.2) is 18.5 Å². The minimum absolute atomic E-state index is 0.687. The molecule has 0 bridgehead atoms. The Hall–Kier alpha value is -1.42. The van der Waals surface area contributed by atoms with Gasteiger partial charge in [-0.3, -0.25) is 4.98 Å². The molecule has 0 spiro atoms. The van der Waals surface area contributed by atoms with Gasteiger partial charge in [-0.2, -0.15) is 0 Å². The standard InChI is InChI=1S/C15H22N4/c16-9-4-2-1-3-5-15-18-13-11-17-10-8-14(13)19(15)12-6-7-12/h8,10-12H,1-7,9,16H2. The molecule has 1 fully saturated rings. The average Bonchev–Trinajstić information content (AvgIpc) is 3.19. The highest BCUT2D eigenvalue weighted by atomic mass is 15.1. The number of hydrogen-bond donors (Lipinski definition) is 1. The van der Waals surface area contributed by atoms with Crippen molar-refractivity contribution < 1.29 is 0 Å². The number of fused-ring (bicyclic) bond motifs is 1. The van der Waals surface area contributed by atoms with E-state index < -0.39 is 0 Å². The lowest BCUT2D eigenvalue weighted by molar-refractivity contribution is 0.612. The first-order valence-electron chi connectivity index (χ1n) is 7.41. The number of unbranched alkanes of at least 4 members (excludes halogenated alkanes) is 3. The highest BCUT2D eigenvalue weighted by Crippen LogP contribution is 2.38. The summed E-state index contributed by atoms with van der Waals surface area (Å²) in [6, 6.07) is 2.78. The quantitative estimate of drug-likeness (QED) is 0.777. The summed E-state index contributed by atoms with van der Waals surface area (Å²) in [6.07, 6.45) is 12.3. The second-order valence-corrected chi connectivity index (χ2v) is 5.45. The van der Waals surface area contributed by atoms with Gasteiger partial charge in [0.25, 0.3) is 0 Å². The van der Waals surface area contributed by atoms with E-state index in [1.54, 1.807) is 0 Å². The first-order chi connectivity index (χ1) is 9.40. The summed E-state index contributed by atoms with van der Waals surface area (Å²) in [7, 11) is 0. The molecule has 0 saturated heterocycles. The van der Waals surface area contributed by atoms with E-state index in [0.717, 1.165) is 24.9 Å². The first-order valence-corrected chi connectivity index (χ1v) is 7.41. The number of imidazole rings is 1. The van der Waals surface area contributed by atoms with Gasteiger partial charge in [0.05, 0.1) is 11.7 Å². The summed E-state index contributed by atoms with van der Waals surface area (Å²) >= 11 is 0. The molecule has 2 N–H and O–H groups in total. The minimum Gasteiger partial charge on any atom is -0.330 e. The Morgan fingerprint density at radius 2 is 2.05 bits per heavy atom. The Kier molecular flexibility index (Phi) is 3.78. The third kappa shape index (κ3) is 2.78. The van der Waals surface area contributed by atoms with E-state index in [0.29, 0.717) is 6.04 Å². The normalized spacial score (nSPS) is 15.2. The monoisotopic (exact) mass is 258 g/mol. The van der Waals surface area contributed by atoms with Crippen LogP contribution in [-0.4, -0.2) is 21.1 Å². The third-order valence-corrected chi connectivity index (χ3v) is 3.83. The maximum atomic E-state index is 5.52. The maximum Gasteiger partial charge on any atom is 0.110 e. The van der Waals surface area contributed by atoms with E-state index in [9.17, 15) is 0 Å². The van der Waals surface area contributed by atoms with E-state index in [1.807, 2.05) is 12.4 Å². The topological polar surface area (TPSA) is 56.7 Å². The molecule has 1 saturated carbocycles. The van der Waals surface area contributed by atoms with Crippen molar-refractivity contribution in [3.8, 4) is 0 Å². The van der Waals surface area contributed by atoms with Gasteiger partial charge < -0.3 is 10.3 Å². The molecule has 102 valence electrons. The predicted molar refractivity (Wildman–Crippen MR) is 77.0 cm³/mol. The van der Waals surface area contributed by atoms with E-state index >= 15 is 0 Å². The van der Waals surface area contributed by atoms with Crippen molar-refractivity contribution >= 4 is 11.0 Å². The summed E-state index contributed by atoms with van der Waals surface area (Å²) in [6.45, 7) is 0.812. The molecule has 4 nitrogen and oxygen atoms in total. The van der Waals surface area contributed by atoms with Crippen LogP contribution in [-0.2, 0) is 6.42 Å². The third-order valence-electron chi connectivity index (χ3n) is 3.83. The van der Waals surface area contributed by atoms with Crippen molar-refractivity contribution in [1.82, 2.24) is 14.5 Å². The summed E-state index contributed by atoms with van der Waals surface area (Å²) < 4.78 is 2.44. The number of rotatable bonds is 7. The number of nitrogens with two attached hydrogens (primary N) is 1. The van der Waals surface area contributed by atoms with Crippen molar-refractivity contribution in [2.45, 2.75) is 51.0 Å². The van der Waals surface area contributed by atoms with E-state index in [1.165, 1.54) is 43.4 Å². The zero-order valence-electron chi connectivity index (χ0n) is 11.4. The number of aromatic nitrogens is 3. The summed E-state index contributed by atoms with van der Waals surface area (Å²) in [5.74, 6) is 1.25. The minimum atomic E-state index is 0.687. The van der Waals surface area contributed by atoms with Crippen LogP contribution >= 0.6 is 0 Å². The Balaban J connectivity index is 1.73. The molecule has 0 amide bonds. The first kappa shape index (κ1) is 12.6.